The molecule has 3 N–H and O–H groups in total. The molecule has 18 heavy (non-hydrogen) atoms. The topological polar surface area (TPSA) is 54.7 Å². The van der Waals surface area contributed by atoms with E-state index < -0.39 is 0 Å². The Balaban J connectivity index is 2.11. The Morgan fingerprint density at radius 1 is 1.22 bits per heavy atom. The number of hydrogen-bond donors (Lipinski definition) is 2. The lowest BCUT2D eigenvalue weighted by molar-refractivity contribution is 0.694. The molecule has 94 valence electrons. The van der Waals surface area contributed by atoms with E-state index in [0.29, 0.717) is 11.7 Å². The van der Waals surface area contributed by atoms with Crippen LogP contribution in [0.3, 0.4) is 0 Å². The zero-order chi connectivity index (χ0) is 12.5. The molecule has 1 fully saturated rings. The molecule has 0 atom stereocenters. The Kier molecular flexibility index (Phi) is 3.12. The summed E-state index contributed by atoms with van der Waals surface area (Å²) in [5.41, 5.74) is 9.46. The lowest BCUT2D eigenvalue weighted by Gasteiger charge is -2.11. The first-order valence-electron chi connectivity index (χ1n) is 6.36. The van der Waals surface area contributed by atoms with Crippen LogP contribution in [0.2, 0.25) is 0 Å². The molecule has 0 bridgehead atoms. The van der Waals surface area contributed by atoms with Gasteiger partial charge in [0.1, 0.15) is 0 Å². The fourth-order valence-corrected chi connectivity index (χ4v) is 3.31. The van der Waals surface area contributed by atoms with Crippen LogP contribution in [0.5, 0.6) is 0 Å². The summed E-state index contributed by atoms with van der Waals surface area (Å²) in [6, 6.07) is 8.17. The van der Waals surface area contributed by atoms with E-state index >= 15 is 0 Å². The van der Waals surface area contributed by atoms with E-state index in [1.165, 1.54) is 31.4 Å². The largest absolute Gasteiger partial charge is 0.382 e. The van der Waals surface area contributed by atoms with Crippen LogP contribution in [0.1, 0.15) is 37.3 Å². The molecule has 2 aromatic rings. The zero-order valence-electron chi connectivity index (χ0n) is 10.1. The highest BCUT2D eigenvalue weighted by molar-refractivity contribution is 9.10. The van der Waals surface area contributed by atoms with Crippen LogP contribution in [0.15, 0.2) is 28.7 Å². The molecule has 1 saturated carbocycles. The van der Waals surface area contributed by atoms with Crippen LogP contribution in [0, 0.1) is 0 Å². The van der Waals surface area contributed by atoms with Crippen LogP contribution < -0.4 is 5.73 Å². The summed E-state index contributed by atoms with van der Waals surface area (Å²) in [5, 5.41) is 7.36. The molecular weight excluding hydrogens is 290 g/mol. The number of benzene rings is 1. The van der Waals surface area contributed by atoms with Gasteiger partial charge in [-0.2, -0.15) is 5.10 Å². The van der Waals surface area contributed by atoms with Crippen molar-refractivity contribution in [2.45, 2.75) is 31.6 Å². The highest BCUT2D eigenvalue weighted by Crippen LogP contribution is 2.42. The molecule has 1 aromatic heterocycles. The molecule has 0 amide bonds. The smallest absolute Gasteiger partial charge is 0.153 e. The van der Waals surface area contributed by atoms with Crippen molar-refractivity contribution < 1.29 is 0 Å². The van der Waals surface area contributed by atoms with Crippen molar-refractivity contribution in [3.63, 3.8) is 0 Å². The van der Waals surface area contributed by atoms with Crippen LogP contribution >= 0.6 is 15.9 Å². The number of H-pyrrole nitrogens is 1. The Morgan fingerprint density at radius 3 is 2.67 bits per heavy atom. The molecule has 3 nitrogen and oxygen atoms in total. The zero-order valence-corrected chi connectivity index (χ0v) is 11.7. The third-order valence-corrected chi connectivity index (χ3v) is 4.42. The van der Waals surface area contributed by atoms with Gasteiger partial charge < -0.3 is 5.73 Å². The van der Waals surface area contributed by atoms with E-state index in [1.807, 2.05) is 18.2 Å². The Hall–Kier alpha value is -1.29. The van der Waals surface area contributed by atoms with Gasteiger partial charge in [0.15, 0.2) is 5.82 Å². The lowest BCUT2D eigenvalue weighted by Crippen LogP contribution is -1.96. The molecule has 4 heteroatoms. The van der Waals surface area contributed by atoms with Gasteiger partial charge in [-0.1, -0.05) is 47.0 Å². The summed E-state index contributed by atoms with van der Waals surface area (Å²) in [7, 11) is 0. The molecule has 0 saturated heterocycles. The van der Waals surface area contributed by atoms with Crippen molar-refractivity contribution in [1.29, 1.82) is 0 Å². The van der Waals surface area contributed by atoms with Crippen molar-refractivity contribution in [2.24, 2.45) is 0 Å². The SMILES string of the molecule is Nc1n[nH]c(C2CCCC2)c1-c1ccccc1Br. The van der Waals surface area contributed by atoms with Gasteiger partial charge in [-0.25, -0.2) is 0 Å². The lowest BCUT2D eigenvalue weighted by atomic mass is 9.96. The summed E-state index contributed by atoms with van der Waals surface area (Å²) in [6.07, 6.45) is 5.08. The van der Waals surface area contributed by atoms with Crippen LogP contribution in [0.4, 0.5) is 5.82 Å². The van der Waals surface area contributed by atoms with E-state index in [-0.39, 0.29) is 0 Å². The Bertz CT molecular complexity index is 556. The number of nitrogens with one attached hydrogen (secondary N) is 1. The van der Waals surface area contributed by atoms with Crippen molar-refractivity contribution in [3.05, 3.63) is 34.4 Å². The molecule has 0 spiro atoms. The molecule has 1 heterocycles. The number of halogens is 1. The van der Waals surface area contributed by atoms with Crippen molar-refractivity contribution in [3.8, 4) is 11.1 Å². The Morgan fingerprint density at radius 2 is 1.94 bits per heavy atom. The molecule has 0 radical (unpaired) electrons. The minimum atomic E-state index is 0.580. The third-order valence-electron chi connectivity index (χ3n) is 3.73. The number of anilines is 1. The molecule has 0 unspecified atom stereocenters. The van der Waals surface area contributed by atoms with Gasteiger partial charge in [0.05, 0.1) is 0 Å². The van der Waals surface area contributed by atoms with Gasteiger partial charge >= 0.3 is 0 Å². The monoisotopic (exact) mass is 305 g/mol. The van der Waals surface area contributed by atoms with Crippen molar-refractivity contribution in [1.82, 2.24) is 10.2 Å². The van der Waals surface area contributed by atoms with E-state index in [4.69, 9.17) is 5.73 Å². The van der Waals surface area contributed by atoms with E-state index in [9.17, 15) is 0 Å². The van der Waals surface area contributed by atoms with Crippen LogP contribution in [-0.4, -0.2) is 10.2 Å². The van der Waals surface area contributed by atoms with E-state index in [0.717, 1.165) is 15.6 Å². The Labute approximate surface area is 115 Å². The highest BCUT2D eigenvalue weighted by atomic mass is 79.9. The second-order valence-electron chi connectivity index (χ2n) is 4.86. The number of nitrogens with zero attached hydrogens (tertiary/aromatic N) is 1. The maximum absolute atomic E-state index is 6.05. The second kappa shape index (κ2) is 4.76. The van der Waals surface area contributed by atoms with Crippen LogP contribution in [0.25, 0.3) is 11.1 Å². The summed E-state index contributed by atoms with van der Waals surface area (Å²) < 4.78 is 1.07. The molecule has 1 aliphatic carbocycles. The molecule has 1 aromatic carbocycles. The summed E-state index contributed by atoms with van der Waals surface area (Å²) in [5.74, 6) is 1.18. The number of nitrogen functional groups attached to an aromatic ring is 1. The maximum Gasteiger partial charge on any atom is 0.153 e. The number of nitrogens with two attached hydrogens (primary N) is 1. The molecule has 3 rings (SSSR count). The van der Waals surface area contributed by atoms with Crippen LogP contribution in [-0.2, 0) is 0 Å². The quantitative estimate of drug-likeness (QED) is 0.878. The van der Waals surface area contributed by atoms with E-state index in [1.54, 1.807) is 0 Å². The average Bonchev–Trinajstić information content (AvgIpc) is 2.99. The standard InChI is InChI=1S/C14H16BrN3/c15-11-8-4-3-7-10(11)12-13(17-18-14(12)16)9-5-1-2-6-9/h3-4,7-9H,1-2,5-6H2,(H3,16,17,18). The van der Waals surface area contributed by atoms with Crippen molar-refractivity contribution in [2.75, 3.05) is 5.73 Å². The van der Waals surface area contributed by atoms with Gasteiger partial charge in [-0.05, 0) is 18.9 Å². The number of aromatic amines is 1. The minimum absolute atomic E-state index is 0.580. The van der Waals surface area contributed by atoms with Gasteiger partial charge in [0.25, 0.3) is 0 Å². The summed E-state index contributed by atoms with van der Waals surface area (Å²) >= 11 is 3.60. The van der Waals surface area contributed by atoms with E-state index in [2.05, 4.69) is 32.2 Å². The summed E-state index contributed by atoms with van der Waals surface area (Å²) in [6.45, 7) is 0. The van der Waals surface area contributed by atoms with Crippen molar-refractivity contribution >= 4 is 21.7 Å². The number of rotatable bonds is 2. The number of aromatic nitrogens is 2. The first-order chi connectivity index (χ1) is 8.77. The maximum atomic E-state index is 6.05. The molecule has 1 aliphatic rings. The second-order valence-corrected chi connectivity index (χ2v) is 5.71. The van der Waals surface area contributed by atoms with Gasteiger partial charge in [0.2, 0.25) is 0 Å². The summed E-state index contributed by atoms with van der Waals surface area (Å²) in [4.78, 5) is 0. The minimum Gasteiger partial charge on any atom is -0.382 e. The van der Waals surface area contributed by atoms with Gasteiger partial charge in [-0.3, -0.25) is 5.10 Å². The van der Waals surface area contributed by atoms with Gasteiger partial charge in [0, 0.05) is 27.2 Å². The average molecular weight is 306 g/mol. The van der Waals surface area contributed by atoms with Gasteiger partial charge in [-0.15, -0.1) is 0 Å². The molecular formula is C14H16BrN3. The number of hydrogen-bond acceptors (Lipinski definition) is 2. The predicted octanol–water partition coefficient (Wildman–Crippen LogP) is 4.08. The normalized spacial score (nSPS) is 16.3. The first kappa shape index (κ1) is 11.8. The third kappa shape index (κ3) is 1.94. The first-order valence-corrected chi connectivity index (χ1v) is 7.15. The molecule has 0 aliphatic heterocycles. The highest BCUT2D eigenvalue weighted by Gasteiger charge is 2.25. The predicted molar refractivity (Wildman–Crippen MR) is 77.3 cm³/mol. The fourth-order valence-electron chi connectivity index (χ4n) is 2.83. The fraction of sp³-hybridized carbons (Fsp3) is 0.357.